The monoisotopic (exact) mass is 469 g/mol. The molecule has 0 unspecified atom stereocenters. The normalized spacial score (nSPS) is 17.5. The van der Waals surface area contributed by atoms with Gasteiger partial charge in [-0.15, -0.1) is 0 Å². The number of aromatic nitrogens is 2. The second-order valence-electron chi connectivity index (χ2n) is 7.52. The maximum atomic E-state index is 14.8. The standard InChI is InChI=1S/C24H21ClFN3O4/c1-33-19-8-7-15(13-17(19)25)22(30)20-21(16-5-2-3-6-18(16)26)29(24(32)23(20)31)11-4-10-28-12-9-27-14-28/h2-3,5-9,12-14,21,30H,4,10-11H2,1H3/t21-/m1/s1. The molecule has 33 heavy (non-hydrogen) atoms. The Balaban J connectivity index is 1.76. The first kappa shape index (κ1) is 22.5. The first-order valence-electron chi connectivity index (χ1n) is 10.2. The molecule has 1 atom stereocenters. The van der Waals surface area contributed by atoms with Crippen molar-refractivity contribution in [3.05, 3.63) is 88.7 Å². The number of aryl methyl sites for hydroxylation is 1. The van der Waals surface area contributed by atoms with Crippen LogP contribution in [0.15, 0.2) is 66.8 Å². The summed E-state index contributed by atoms with van der Waals surface area (Å²) in [6.07, 6.45) is 5.58. The van der Waals surface area contributed by atoms with Crippen molar-refractivity contribution in [2.75, 3.05) is 13.7 Å². The molecule has 0 aliphatic carbocycles. The number of rotatable bonds is 7. The summed E-state index contributed by atoms with van der Waals surface area (Å²) in [5, 5.41) is 11.3. The number of hydrogen-bond donors (Lipinski definition) is 1. The number of ketones is 1. The number of methoxy groups -OCH3 is 1. The average Bonchev–Trinajstić information content (AvgIpc) is 3.41. The Morgan fingerprint density at radius 1 is 1.21 bits per heavy atom. The molecule has 1 amide bonds. The van der Waals surface area contributed by atoms with Gasteiger partial charge in [-0.3, -0.25) is 9.59 Å². The number of nitrogens with zero attached hydrogens (tertiary/aromatic N) is 3. The minimum Gasteiger partial charge on any atom is -0.507 e. The van der Waals surface area contributed by atoms with Crippen molar-refractivity contribution in [3.8, 4) is 5.75 Å². The number of aliphatic hydroxyl groups excluding tert-OH is 1. The van der Waals surface area contributed by atoms with Gasteiger partial charge in [0.2, 0.25) is 0 Å². The molecule has 0 radical (unpaired) electrons. The van der Waals surface area contributed by atoms with Crippen LogP contribution in [0.4, 0.5) is 4.39 Å². The van der Waals surface area contributed by atoms with Crippen LogP contribution in [0.2, 0.25) is 5.02 Å². The number of carbonyl (C=O) groups is 2. The second-order valence-corrected chi connectivity index (χ2v) is 7.92. The Bertz CT molecular complexity index is 1230. The van der Waals surface area contributed by atoms with Crippen LogP contribution in [0.3, 0.4) is 0 Å². The highest BCUT2D eigenvalue weighted by atomic mass is 35.5. The molecular weight excluding hydrogens is 449 g/mol. The fourth-order valence-corrected chi connectivity index (χ4v) is 4.20. The number of ether oxygens (including phenoxy) is 1. The van der Waals surface area contributed by atoms with Gasteiger partial charge in [0, 0.05) is 36.6 Å². The van der Waals surface area contributed by atoms with Gasteiger partial charge < -0.3 is 19.3 Å². The highest BCUT2D eigenvalue weighted by Gasteiger charge is 2.46. The zero-order valence-electron chi connectivity index (χ0n) is 17.7. The predicted molar refractivity (Wildman–Crippen MR) is 120 cm³/mol. The van der Waals surface area contributed by atoms with Crippen molar-refractivity contribution in [2.45, 2.75) is 19.0 Å². The maximum Gasteiger partial charge on any atom is 0.295 e. The van der Waals surface area contributed by atoms with E-state index in [1.165, 1.54) is 48.4 Å². The third kappa shape index (κ3) is 4.34. The van der Waals surface area contributed by atoms with E-state index < -0.39 is 29.3 Å². The van der Waals surface area contributed by atoms with Crippen LogP contribution < -0.4 is 4.74 Å². The van der Waals surface area contributed by atoms with Crippen molar-refractivity contribution in [2.24, 2.45) is 0 Å². The number of hydrogen-bond acceptors (Lipinski definition) is 5. The molecule has 0 spiro atoms. The molecule has 1 aromatic heterocycles. The molecule has 4 rings (SSSR count). The van der Waals surface area contributed by atoms with E-state index in [9.17, 15) is 19.1 Å². The van der Waals surface area contributed by atoms with Gasteiger partial charge in [-0.05, 0) is 30.7 Å². The number of aliphatic hydroxyl groups is 1. The fourth-order valence-electron chi connectivity index (χ4n) is 3.94. The SMILES string of the molecule is COc1ccc(C(O)=C2C(=O)C(=O)N(CCCn3ccnc3)[C@@H]2c2ccccc2F)cc1Cl. The van der Waals surface area contributed by atoms with E-state index >= 15 is 0 Å². The summed E-state index contributed by atoms with van der Waals surface area (Å²) in [6.45, 7) is 0.739. The summed E-state index contributed by atoms with van der Waals surface area (Å²) >= 11 is 6.18. The Morgan fingerprint density at radius 3 is 2.67 bits per heavy atom. The van der Waals surface area contributed by atoms with Crippen LogP contribution in [0, 0.1) is 5.82 Å². The quantitative estimate of drug-likeness (QED) is 0.318. The lowest BCUT2D eigenvalue weighted by molar-refractivity contribution is -0.140. The van der Waals surface area contributed by atoms with Gasteiger partial charge in [0.05, 0.1) is 30.1 Å². The topological polar surface area (TPSA) is 84.7 Å². The Labute approximate surface area is 194 Å². The van der Waals surface area contributed by atoms with Crippen LogP contribution in [-0.4, -0.2) is 44.9 Å². The Hall–Kier alpha value is -3.65. The summed E-state index contributed by atoms with van der Waals surface area (Å²) in [6, 6.07) is 9.31. The van der Waals surface area contributed by atoms with Gasteiger partial charge in [-0.25, -0.2) is 9.37 Å². The Kier molecular flexibility index (Phi) is 6.46. The molecule has 3 aromatic rings. The number of amides is 1. The molecular formula is C24H21ClFN3O4. The summed E-state index contributed by atoms with van der Waals surface area (Å²) in [4.78, 5) is 31.3. The van der Waals surface area contributed by atoms with E-state index in [1.54, 1.807) is 24.8 Å². The molecule has 2 heterocycles. The first-order valence-corrected chi connectivity index (χ1v) is 10.6. The zero-order chi connectivity index (χ0) is 23.5. The summed E-state index contributed by atoms with van der Waals surface area (Å²) in [5.41, 5.74) is 0.160. The Morgan fingerprint density at radius 2 is 2.00 bits per heavy atom. The number of Topliss-reactive ketones (excluding diaryl/α,β-unsaturated/α-hetero) is 1. The minimum atomic E-state index is -1.07. The number of carbonyl (C=O) groups excluding carboxylic acids is 2. The van der Waals surface area contributed by atoms with Gasteiger partial charge in [-0.2, -0.15) is 0 Å². The maximum absolute atomic E-state index is 14.8. The fraction of sp³-hybridized carbons (Fsp3) is 0.208. The second kappa shape index (κ2) is 9.46. The van der Waals surface area contributed by atoms with E-state index in [4.69, 9.17) is 16.3 Å². The molecule has 1 saturated heterocycles. The molecule has 1 aliphatic rings. The lowest BCUT2D eigenvalue weighted by Crippen LogP contribution is -2.31. The summed E-state index contributed by atoms with van der Waals surface area (Å²) in [7, 11) is 1.45. The van der Waals surface area contributed by atoms with E-state index in [2.05, 4.69) is 4.98 Å². The lowest BCUT2D eigenvalue weighted by atomic mass is 9.95. The summed E-state index contributed by atoms with van der Waals surface area (Å²) < 4.78 is 21.8. The van der Waals surface area contributed by atoms with Gasteiger partial charge in [0.1, 0.15) is 17.3 Å². The third-order valence-electron chi connectivity index (χ3n) is 5.54. The number of halogens is 2. The number of likely N-dealkylation sites (tertiary alicyclic amines) is 1. The molecule has 170 valence electrons. The van der Waals surface area contributed by atoms with Crippen LogP contribution in [0.1, 0.15) is 23.6 Å². The zero-order valence-corrected chi connectivity index (χ0v) is 18.5. The molecule has 1 aliphatic heterocycles. The van der Waals surface area contributed by atoms with Crippen molar-refractivity contribution < 1.29 is 23.8 Å². The van der Waals surface area contributed by atoms with Crippen molar-refractivity contribution in [3.63, 3.8) is 0 Å². The highest BCUT2D eigenvalue weighted by molar-refractivity contribution is 6.46. The van der Waals surface area contributed by atoms with E-state index in [0.717, 1.165) is 0 Å². The molecule has 2 aromatic carbocycles. The predicted octanol–water partition coefficient (Wildman–Crippen LogP) is 4.20. The van der Waals surface area contributed by atoms with Crippen LogP contribution >= 0.6 is 11.6 Å². The molecule has 0 saturated carbocycles. The van der Waals surface area contributed by atoms with Gasteiger partial charge in [0.15, 0.2) is 0 Å². The minimum absolute atomic E-state index is 0.125. The lowest BCUT2D eigenvalue weighted by Gasteiger charge is -2.25. The average molecular weight is 470 g/mol. The molecule has 0 bridgehead atoms. The largest absolute Gasteiger partial charge is 0.507 e. The van der Waals surface area contributed by atoms with E-state index in [1.807, 2.05) is 4.57 Å². The van der Waals surface area contributed by atoms with Gasteiger partial charge in [-0.1, -0.05) is 29.8 Å². The van der Waals surface area contributed by atoms with E-state index in [0.29, 0.717) is 18.7 Å². The molecule has 1 fully saturated rings. The van der Waals surface area contributed by atoms with Gasteiger partial charge in [0.25, 0.3) is 11.7 Å². The number of benzene rings is 2. The molecule has 7 nitrogen and oxygen atoms in total. The van der Waals surface area contributed by atoms with Crippen LogP contribution in [0.5, 0.6) is 5.75 Å². The first-order chi connectivity index (χ1) is 15.9. The smallest absolute Gasteiger partial charge is 0.295 e. The van der Waals surface area contributed by atoms with Gasteiger partial charge >= 0.3 is 0 Å². The molecule has 1 N–H and O–H groups in total. The highest BCUT2D eigenvalue weighted by Crippen LogP contribution is 2.41. The van der Waals surface area contributed by atoms with Crippen molar-refractivity contribution >= 4 is 29.1 Å². The number of imidazole rings is 1. The molecule has 9 heteroatoms. The third-order valence-corrected chi connectivity index (χ3v) is 5.83. The van der Waals surface area contributed by atoms with Crippen LogP contribution in [0.25, 0.3) is 5.76 Å². The van der Waals surface area contributed by atoms with Crippen LogP contribution in [-0.2, 0) is 16.1 Å². The van der Waals surface area contributed by atoms with Crippen molar-refractivity contribution in [1.29, 1.82) is 0 Å². The van der Waals surface area contributed by atoms with E-state index in [-0.39, 0.29) is 28.3 Å². The summed E-state index contributed by atoms with van der Waals surface area (Å²) in [5.74, 6) is -2.30. The van der Waals surface area contributed by atoms with Crippen molar-refractivity contribution in [1.82, 2.24) is 14.5 Å².